The highest BCUT2D eigenvalue weighted by Gasteiger charge is 2.34. The quantitative estimate of drug-likeness (QED) is 0.892. The molecule has 1 aromatic heterocycles. The van der Waals surface area contributed by atoms with E-state index < -0.39 is 0 Å². The highest BCUT2D eigenvalue weighted by atomic mass is 16.2. The summed E-state index contributed by atoms with van der Waals surface area (Å²) in [5.74, 6) is 0.755. The number of carbonyl (C=O) groups is 1. The fourth-order valence-electron chi connectivity index (χ4n) is 2.66. The van der Waals surface area contributed by atoms with Crippen LogP contribution in [-0.4, -0.2) is 34.9 Å². The van der Waals surface area contributed by atoms with E-state index >= 15 is 0 Å². The Morgan fingerprint density at radius 3 is 2.74 bits per heavy atom. The van der Waals surface area contributed by atoms with Crippen LogP contribution in [0.5, 0.6) is 0 Å². The third-order valence-corrected chi connectivity index (χ3v) is 4.05. The van der Waals surface area contributed by atoms with Gasteiger partial charge in [-0.25, -0.2) is 0 Å². The van der Waals surface area contributed by atoms with Gasteiger partial charge in [0.25, 0.3) is 0 Å². The molecule has 3 rings (SSSR count). The molecule has 2 fully saturated rings. The normalized spacial score (nSPS) is 20.5. The average Bonchev–Trinajstić information content (AvgIpc) is 3.31. The molecule has 0 unspecified atom stereocenters. The van der Waals surface area contributed by atoms with E-state index in [1.165, 1.54) is 5.56 Å². The number of aromatic nitrogens is 1. The van der Waals surface area contributed by atoms with Gasteiger partial charge in [-0.05, 0) is 37.3 Å². The summed E-state index contributed by atoms with van der Waals surface area (Å²) < 4.78 is 0. The van der Waals surface area contributed by atoms with Crippen molar-refractivity contribution in [3.63, 3.8) is 0 Å². The summed E-state index contributed by atoms with van der Waals surface area (Å²) in [4.78, 5) is 18.1. The average molecular weight is 259 g/mol. The second-order valence-corrected chi connectivity index (χ2v) is 5.62. The van der Waals surface area contributed by atoms with E-state index in [0.29, 0.717) is 17.9 Å². The number of hydrogen-bond donors (Lipinski definition) is 1. The molecular formula is C15H21N3O. The van der Waals surface area contributed by atoms with Crippen molar-refractivity contribution in [3.05, 3.63) is 30.1 Å². The lowest BCUT2D eigenvalue weighted by molar-refractivity contribution is -0.133. The Balaban J connectivity index is 1.41. The lowest BCUT2D eigenvalue weighted by Crippen LogP contribution is -2.45. The van der Waals surface area contributed by atoms with Gasteiger partial charge >= 0.3 is 0 Å². The molecule has 1 aliphatic carbocycles. The fourth-order valence-corrected chi connectivity index (χ4v) is 2.66. The van der Waals surface area contributed by atoms with Crippen LogP contribution >= 0.6 is 0 Å². The van der Waals surface area contributed by atoms with Crippen molar-refractivity contribution in [2.24, 2.45) is 5.92 Å². The molecule has 0 atom stereocenters. The molecule has 0 bridgehead atoms. The van der Waals surface area contributed by atoms with Gasteiger partial charge in [-0.2, -0.15) is 0 Å². The molecule has 0 spiro atoms. The molecule has 0 aromatic carbocycles. The number of hydrogen-bond acceptors (Lipinski definition) is 3. The van der Waals surface area contributed by atoms with Gasteiger partial charge in [0.2, 0.25) is 5.91 Å². The van der Waals surface area contributed by atoms with Crippen LogP contribution in [0.25, 0.3) is 0 Å². The minimum absolute atomic E-state index is 0.361. The van der Waals surface area contributed by atoms with Gasteiger partial charge in [-0.15, -0.1) is 0 Å². The second kappa shape index (κ2) is 5.70. The predicted octanol–water partition coefficient (Wildman–Crippen LogP) is 1.57. The Kier molecular flexibility index (Phi) is 3.78. The van der Waals surface area contributed by atoms with Gasteiger partial charge in [0.15, 0.2) is 0 Å². The lowest BCUT2D eigenvalue weighted by atomic mass is 10.0. The number of amides is 1. The minimum Gasteiger partial charge on any atom is -0.342 e. The fraction of sp³-hybridized carbons (Fsp3) is 0.600. The Morgan fingerprint density at radius 1 is 1.32 bits per heavy atom. The van der Waals surface area contributed by atoms with Crippen molar-refractivity contribution < 1.29 is 4.79 Å². The van der Waals surface area contributed by atoms with Crippen LogP contribution in [0, 0.1) is 5.92 Å². The van der Waals surface area contributed by atoms with Crippen LogP contribution in [0.15, 0.2) is 24.5 Å². The third-order valence-electron chi connectivity index (χ3n) is 4.05. The van der Waals surface area contributed by atoms with Crippen LogP contribution in [0.3, 0.4) is 0 Å². The maximum Gasteiger partial charge on any atom is 0.225 e. The summed E-state index contributed by atoms with van der Waals surface area (Å²) in [6.45, 7) is 2.70. The molecule has 1 amide bonds. The molecular weight excluding hydrogens is 238 g/mol. The van der Waals surface area contributed by atoms with E-state index in [9.17, 15) is 4.79 Å². The summed E-state index contributed by atoms with van der Waals surface area (Å²) in [6.07, 6.45) is 8.05. The van der Waals surface area contributed by atoms with Crippen LogP contribution in [0.1, 0.15) is 31.2 Å². The van der Waals surface area contributed by atoms with E-state index in [-0.39, 0.29) is 0 Å². The van der Waals surface area contributed by atoms with Crippen molar-refractivity contribution in [3.8, 4) is 0 Å². The summed E-state index contributed by atoms with van der Waals surface area (Å²) in [6, 6.07) is 4.59. The van der Waals surface area contributed by atoms with Crippen molar-refractivity contribution in [1.29, 1.82) is 0 Å². The molecule has 4 heteroatoms. The molecule has 1 aliphatic heterocycles. The topological polar surface area (TPSA) is 45.2 Å². The highest BCUT2D eigenvalue weighted by molar-refractivity contribution is 5.81. The van der Waals surface area contributed by atoms with Gasteiger partial charge < -0.3 is 10.2 Å². The first-order valence-corrected chi connectivity index (χ1v) is 7.24. The number of likely N-dealkylation sites (tertiary alicyclic amines) is 1. The first-order valence-electron chi connectivity index (χ1n) is 7.24. The van der Waals surface area contributed by atoms with Crippen molar-refractivity contribution >= 4 is 5.91 Å². The minimum atomic E-state index is 0.361. The molecule has 2 heterocycles. The SMILES string of the molecule is O=C(C1CC1)N1CCC(NCc2cccnc2)CC1. The molecule has 2 aliphatic rings. The third kappa shape index (κ3) is 3.32. The maximum atomic E-state index is 11.9. The van der Waals surface area contributed by atoms with Crippen LogP contribution in [-0.2, 0) is 11.3 Å². The molecule has 1 saturated heterocycles. The first-order chi connectivity index (χ1) is 9.33. The Hall–Kier alpha value is -1.42. The van der Waals surface area contributed by atoms with Crippen LogP contribution in [0.4, 0.5) is 0 Å². The number of carbonyl (C=O) groups excluding carboxylic acids is 1. The van der Waals surface area contributed by atoms with Crippen molar-refractivity contribution in [2.75, 3.05) is 13.1 Å². The molecule has 102 valence electrons. The van der Waals surface area contributed by atoms with E-state index in [1.54, 1.807) is 6.20 Å². The summed E-state index contributed by atoms with van der Waals surface area (Å²) in [7, 11) is 0. The molecule has 1 N–H and O–H groups in total. The number of rotatable bonds is 4. The van der Waals surface area contributed by atoms with Gasteiger partial charge in [0, 0.05) is 44.0 Å². The smallest absolute Gasteiger partial charge is 0.225 e. The monoisotopic (exact) mass is 259 g/mol. The molecule has 1 saturated carbocycles. The highest BCUT2D eigenvalue weighted by Crippen LogP contribution is 2.31. The Morgan fingerprint density at radius 2 is 2.11 bits per heavy atom. The van der Waals surface area contributed by atoms with Crippen LogP contribution in [0.2, 0.25) is 0 Å². The number of pyridine rings is 1. The van der Waals surface area contributed by atoms with Gasteiger partial charge in [0.1, 0.15) is 0 Å². The van der Waals surface area contributed by atoms with E-state index in [2.05, 4.69) is 21.3 Å². The second-order valence-electron chi connectivity index (χ2n) is 5.62. The largest absolute Gasteiger partial charge is 0.342 e. The summed E-state index contributed by atoms with van der Waals surface area (Å²) in [5.41, 5.74) is 1.22. The lowest BCUT2D eigenvalue weighted by Gasteiger charge is -2.32. The van der Waals surface area contributed by atoms with Crippen molar-refractivity contribution in [2.45, 2.75) is 38.3 Å². The summed E-state index contributed by atoms with van der Waals surface area (Å²) >= 11 is 0. The number of piperidine rings is 1. The molecule has 4 nitrogen and oxygen atoms in total. The zero-order chi connectivity index (χ0) is 13.1. The van der Waals surface area contributed by atoms with E-state index in [4.69, 9.17) is 0 Å². The maximum absolute atomic E-state index is 11.9. The van der Waals surface area contributed by atoms with E-state index in [1.807, 2.05) is 12.3 Å². The van der Waals surface area contributed by atoms with E-state index in [0.717, 1.165) is 45.3 Å². The number of nitrogens with one attached hydrogen (secondary N) is 1. The Labute approximate surface area is 114 Å². The molecule has 1 aromatic rings. The summed E-state index contributed by atoms with van der Waals surface area (Å²) in [5, 5.41) is 3.56. The zero-order valence-corrected chi connectivity index (χ0v) is 11.2. The number of nitrogens with zero attached hydrogens (tertiary/aromatic N) is 2. The Bertz CT molecular complexity index is 422. The van der Waals surface area contributed by atoms with Crippen LogP contribution < -0.4 is 5.32 Å². The van der Waals surface area contributed by atoms with Gasteiger partial charge in [-0.3, -0.25) is 9.78 Å². The predicted molar refractivity (Wildman–Crippen MR) is 73.4 cm³/mol. The van der Waals surface area contributed by atoms with Gasteiger partial charge in [-0.1, -0.05) is 6.07 Å². The molecule has 19 heavy (non-hydrogen) atoms. The molecule has 0 radical (unpaired) electrons. The van der Waals surface area contributed by atoms with Gasteiger partial charge in [0.05, 0.1) is 0 Å². The van der Waals surface area contributed by atoms with Crippen molar-refractivity contribution in [1.82, 2.24) is 15.2 Å². The standard InChI is InChI=1S/C15H21N3O/c19-15(13-3-4-13)18-8-5-14(6-9-18)17-11-12-2-1-7-16-10-12/h1-2,7,10,13-14,17H,3-6,8-9,11H2. The first kappa shape index (κ1) is 12.6. The zero-order valence-electron chi connectivity index (χ0n) is 11.2.